The zero-order valence-electron chi connectivity index (χ0n) is 39.9. The highest BCUT2D eigenvalue weighted by Crippen LogP contribution is 2.57. The molecule has 1 aromatic heterocycles. The molecule has 3 N–H and O–H groups in total. The maximum Gasteiger partial charge on any atom is 0.340 e. The van der Waals surface area contributed by atoms with Crippen molar-refractivity contribution >= 4 is 46.7 Å². The third-order valence-corrected chi connectivity index (χ3v) is 12.4. The third kappa shape index (κ3) is 10.8. The summed E-state index contributed by atoms with van der Waals surface area (Å²) in [6.45, 7) is 5.50. The van der Waals surface area contributed by atoms with Crippen LogP contribution >= 0.6 is 11.6 Å². The van der Waals surface area contributed by atoms with E-state index < -0.39 is 23.0 Å². The van der Waals surface area contributed by atoms with Crippen molar-refractivity contribution in [3.8, 4) is 28.6 Å². The second-order valence-corrected chi connectivity index (χ2v) is 17.3. The average Bonchev–Trinajstić information content (AvgIpc) is 3.64. The molecule has 0 atom stereocenters. The summed E-state index contributed by atoms with van der Waals surface area (Å²) in [6.07, 6.45) is 1.94. The number of aromatic nitrogens is 2. The molecule has 4 aromatic carbocycles. The smallest absolute Gasteiger partial charge is 0.340 e. The number of ether oxygens (including phenoxy) is 6. The number of benzene rings is 4. The molecule has 3 heterocycles. The lowest BCUT2D eigenvalue weighted by Gasteiger charge is -2.37. The van der Waals surface area contributed by atoms with E-state index in [4.69, 9.17) is 40.0 Å². The molecule has 0 unspecified atom stereocenters. The summed E-state index contributed by atoms with van der Waals surface area (Å²) >= 11 is 6.10. The summed E-state index contributed by atoms with van der Waals surface area (Å²) < 4.78 is 35.0. The molecule has 2 aliphatic rings. The topological polar surface area (TPSA) is 192 Å². The molecule has 2 aliphatic heterocycles. The fourth-order valence-electron chi connectivity index (χ4n) is 8.17. The Bertz CT molecular complexity index is 2620. The minimum Gasteiger partial charge on any atom is -0.474 e. The van der Waals surface area contributed by atoms with Gasteiger partial charge in [0.25, 0.3) is 11.8 Å². The van der Waals surface area contributed by atoms with Gasteiger partial charge in [0.2, 0.25) is 11.8 Å². The van der Waals surface area contributed by atoms with Gasteiger partial charge in [-0.05, 0) is 61.4 Å². The van der Waals surface area contributed by atoms with Crippen molar-refractivity contribution in [1.82, 2.24) is 25.9 Å². The molecule has 364 valence electrons. The summed E-state index contributed by atoms with van der Waals surface area (Å²) in [5, 5.41) is 9.15. The van der Waals surface area contributed by atoms with Crippen LogP contribution in [-0.4, -0.2) is 127 Å². The number of hydrogen-bond acceptors (Lipinski definition) is 14. The molecule has 5 aromatic rings. The van der Waals surface area contributed by atoms with Crippen LogP contribution in [0.2, 0.25) is 5.02 Å². The summed E-state index contributed by atoms with van der Waals surface area (Å²) in [7, 11) is 9.34. The lowest BCUT2D eigenvalue weighted by atomic mass is 9.77. The fourth-order valence-corrected chi connectivity index (χ4v) is 8.29. The molecule has 7 rings (SSSR count). The number of amides is 3. The van der Waals surface area contributed by atoms with Crippen LogP contribution in [0.3, 0.4) is 0 Å². The van der Waals surface area contributed by atoms with E-state index in [2.05, 4.69) is 25.9 Å². The highest BCUT2D eigenvalue weighted by molar-refractivity contribution is 6.30. The molecule has 17 nitrogen and oxygen atoms in total. The van der Waals surface area contributed by atoms with Gasteiger partial charge in [-0.2, -0.15) is 0 Å². The lowest BCUT2D eigenvalue weighted by molar-refractivity contribution is -0.128. The van der Waals surface area contributed by atoms with Gasteiger partial charge in [0.15, 0.2) is 5.60 Å². The molecule has 0 saturated carbocycles. The Morgan fingerprint density at radius 3 is 1.94 bits per heavy atom. The molecule has 0 bridgehead atoms. The first-order chi connectivity index (χ1) is 33.2. The quantitative estimate of drug-likeness (QED) is 0.0511. The summed E-state index contributed by atoms with van der Waals surface area (Å²) in [5.74, 6) is -0.475. The summed E-state index contributed by atoms with van der Waals surface area (Å²) in [5.41, 5.74) is 2.95. The fraction of sp³-hybridized carbons (Fsp3) is 0.373. The molecule has 3 amide bonds. The normalized spacial score (nSPS) is 13.1. The van der Waals surface area contributed by atoms with Crippen LogP contribution in [0.1, 0.15) is 74.6 Å². The largest absolute Gasteiger partial charge is 0.474 e. The Hall–Kier alpha value is -6.79. The number of carbonyl (C=O) groups is 4. The predicted octanol–water partition coefficient (Wildman–Crippen LogP) is 6.39. The number of fused-ring (bicyclic) bond motifs is 6. The number of nitrogens with one attached hydrogen (secondary N) is 3. The average molecular weight is 965 g/mol. The van der Waals surface area contributed by atoms with Crippen molar-refractivity contribution < 1.29 is 47.6 Å². The zero-order valence-corrected chi connectivity index (χ0v) is 40.7. The molecule has 0 radical (unpaired) electrons. The molecule has 1 spiro atoms. The molecule has 0 aliphatic carbocycles. The number of rotatable bonds is 22. The van der Waals surface area contributed by atoms with Gasteiger partial charge < -0.3 is 54.2 Å². The molecule has 0 fully saturated rings. The number of anilines is 2. The van der Waals surface area contributed by atoms with Crippen LogP contribution < -0.4 is 35.2 Å². The number of hydrogen-bond donors (Lipinski definition) is 3. The molecule has 69 heavy (non-hydrogen) atoms. The van der Waals surface area contributed by atoms with Gasteiger partial charge in [0.05, 0.1) is 44.8 Å². The van der Waals surface area contributed by atoms with Crippen LogP contribution in [0.5, 0.6) is 17.4 Å². The van der Waals surface area contributed by atoms with E-state index in [0.717, 1.165) is 11.4 Å². The van der Waals surface area contributed by atoms with Gasteiger partial charge in [0.1, 0.15) is 35.0 Å². The summed E-state index contributed by atoms with van der Waals surface area (Å²) in [4.78, 5) is 67.0. The summed E-state index contributed by atoms with van der Waals surface area (Å²) in [6, 6.07) is 23.6. The molecule has 0 saturated heterocycles. The van der Waals surface area contributed by atoms with Crippen LogP contribution in [0.15, 0.2) is 85.1 Å². The van der Waals surface area contributed by atoms with Crippen molar-refractivity contribution in [2.24, 2.45) is 0 Å². The number of carbonyl (C=O) groups excluding carboxylic acids is 4. The van der Waals surface area contributed by atoms with Gasteiger partial charge >= 0.3 is 5.97 Å². The minimum atomic E-state index is -1.27. The van der Waals surface area contributed by atoms with E-state index in [0.29, 0.717) is 75.0 Å². The highest BCUT2D eigenvalue weighted by Gasteiger charge is 2.54. The molecular weight excluding hydrogens is 906 g/mol. The van der Waals surface area contributed by atoms with Crippen LogP contribution in [-0.2, 0) is 29.3 Å². The Balaban J connectivity index is 0.874. The Morgan fingerprint density at radius 1 is 0.739 bits per heavy atom. The maximum atomic E-state index is 13.7. The number of esters is 1. The van der Waals surface area contributed by atoms with Crippen molar-refractivity contribution in [2.45, 2.75) is 37.8 Å². The monoisotopic (exact) mass is 963 g/mol. The number of methoxy groups -OCH3 is 1. The highest BCUT2D eigenvalue weighted by atomic mass is 35.5. The first-order valence-electron chi connectivity index (χ1n) is 22.7. The standard InChI is InChI=1S/C51H58ClN7O10/c1-8-50(9-2,57-46(61)41-31-55-47(67-27-24-64-7)44(56-41)32-10-13-34(52)14-11-32)49(63)54-21-23-66-26-25-65-22-20-53-45(60)33-12-17-38-37(28-33)48(62)69-51(38)39-18-15-35(58(3)4)29-42(39)68-43-30-36(59(5)6)16-19-40(43)51/h10-19,28-31H,8-9,20-27H2,1-7H3,(H,53,60)(H,54,63)(H,57,61). The van der Waals surface area contributed by atoms with Crippen molar-refractivity contribution in [3.63, 3.8) is 0 Å². The SMILES string of the molecule is CCC(CC)(NC(=O)c1cnc(OCCOC)c(-c2ccc(Cl)cc2)n1)C(=O)NCCOCCOCCNC(=O)c1ccc2c(c1)C(=O)OC21c2ccc(N(C)C)cc2Oc2cc(N(C)C)ccc21. The van der Waals surface area contributed by atoms with E-state index in [9.17, 15) is 19.2 Å². The Morgan fingerprint density at radius 2 is 1.35 bits per heavy atom. The minimum absolute atomic E-state index is 0.0103. The number of halogens is 1. The number of nitrogens with zero attached hydrogens (tertiary/aromatic N) is 4. The predicted molar refractivity (Wildman–Crippen MR) is 261 cm³/mol. The van der Waals surface area contributed by atoms with Gasteiger partial charge in [-0.15, -0.1) is 0 Å². The van der Waals surface area contributed by atoms with Gasteiger partial charge in [0, 0.05) is 105 Å². The van der Waals surface area contributed by atoms with Crippen molar-refractivity contribution in [3.05, 3.63) is 124 Å². The second-order valence-electron chi connectivity index (χ2n) is 16.8. The van der Waals surface area contributed by atoms with Gasteiger partial charge in [-0.3, -0.25) is 14.4 Å². The van der Waals surface area contributed by atoms with Crippen LogP contribution in [0.25, 0.3) is 11.3 Å². The Kier molecular flexibility index (Phi) is 16.0. The Labute approximate surface area is 406 Å². The van der Waals surface area contributed by atoms with Crippen molar-refractivity contribution in [2.75, 3.05) is 97.8 Å². The molecular formula is C51H58ClN7O10. The lowest BCUT2D eigenvalue weighted by Crippen LogP contribution is -2.58. The first kappa shape index (κ1) is 50.1. The van der Waals surface area contributed by atoms with E-state index in [1.807, 2.05) is 88.2 Å². The maximum absolute atomic E-state index is 13.7. The van der Waals surface area contributed by atoms with E-state index in [-0.39, 0.29) is 69.5 Å². The molecule has 18 heteroatoms. The van der Waals surface area contributed by atoms with Crippen LogP contribution in [0, 0.1) is 0 Å². The van der Waals surface area contributed by atoms with Crippen molar-refractivity contribution in [1.29, 1.82) is 0 Å². The second kappa shape index (κ2) is 22.1. The van der Waals surface area contributed by atoms with E-state index in [1.54, 1.807) is 49.6 Å². The van der Waals surface area contributed by atoms with Gasteiger partial charge in [-0.25, -0.2) is 14.8 Å². The third-order valence-electron chi connectivity index (χ3n) is 12.1. The van der Waals surface area contributed by atoms with E-state index in [1.165, 1.54) is 6.20 Å². The van der Waals surface area contributed by atoms with E-state index >= 15 is 0 Å². The zero-order chi connectivity index (χ0) is 49.3. The first-order valence-corrected chi connectivity index (χ1v) is 23.1. The van der Waals surface area contributed by atoms with Crippen LogP contribution in [0.4, 0.5) is 11.4 Å². The van der Waals surface area contributed by atoms with Gasteiger partial charge in [-0.1, -0.05) is 43.6 Å².